The summed E-state index contributed by atoms with van der Waals surface area (Å²) < 4.78 is 0. The molecule has 3 rings (SSSR count). The van der Waals surface area contributed by atoms with Gasteiger partial charge in [-0.1, -0.05) is 42.5 Å². The van der Waals surface area contributed by atoms with Crippen LogP contribution in [-0.2, 0) is 0 Å². The van der Waals surface area contributed by atoms with Crippen molar-refractivity contribution >= 4 is 10.8 Å². The summed E-state index contributed by atoms with van der Waals surface area (Å²) in [7, 11) is 0. The first kappa shape index (κ1) is 13.6. The van der Waals surface area contributed by atoms with Crippen molar-refractivity contribution in [2.75, 3.05) is 0 Å². The Morgan fingerprint density at radius 3 is 2.50 bits per heavy atom. The van der Waals surface area contributed by atoms with Gasteiger partial charge < -0.3 is 10.4 Å². The molecule has 2 aromatic carbocycles. The predicted molar refractivity (Wildman–Crippen MR) is 83.8 cm³/mol. The Bertz CT molecular complexity index is 567. The van der Waals surface area contributed by atoms with Crippen molar-refractivity contribution in [3.8, 4) is 0 Å². The van der Waals surface area contributed by atoms with Gasteiger partial charge in [-0.25, -0.2) is 0 Å². The van der Waals surface area contributed by atoms with E-state index in [9.17, 15) is 5.11 Å². The van der Waals surface area contributed by atoms with E-state index in [1.165, 1.54) is 16.3 Å². The number of fused-ring (bicyclic) bond motifs is 1. The Labute approximate surface area is 120 Å². The van der Waals surface area contributed by atoms with Crippen molar-refractivity contribution in [1.29, 1.82) is 0 Å². The van der Waals surface area contributed by atoms with Crippen molar-refractivity contribution in [3.63, 3.8) is 0 Å². The van der Waals surface area contributed by atoms with Gasteiger partial charge in [0.05, 0.1) is 6.10 Å². The molecule has 0 aliphatic heterocycles. The Balaban J connectivity index is 1.77. The van der Waals surface area contributed by atoms with E-state index < -0.39 is 0 Å². The fourth-order valence-electron chi connectivity index (χ4n) is 3.31. The number of aliphatic hydroxyl groups is 1. The largest absolute Gasteiger partial charge is 0.393 e. The van der Waals surface area contributed by atoms with E-state index in [-0.39, 0.29) is 6.10 Å². The average molecular weight is 269 g/mol. The van der Waals surface area contributed by atoms with Gasteiger partial charge in [-0.2, -0.15) is 0 Å². The minimum Gasteiger partial charge on any atom is -0.393 e. The van der Waals surface area contributed by atoms with Crippen LogP contribution in [0.3, 0.4) is 0 Å². The van der Waals surface area contributed by atoms with Crippen molar-refractivity contribution in [3.05, 3.63) is 48.0 Å². The monoisotopic (exact) mass is 269 g/mol. The molecule has 0 bridgehead atoms. The van der Waals surface area contributed by atoms with Crippen LogP contribution in [0.4, 0.5) is 0 Å². The molecule has 2 aromatic rings. The minimum atomic E-state index is -0.0825. The molecular formula is C18H23NO. The Morgan fingerprint density at radius 1 is 1.00 bits per heavy atom. The summed E-state index contributed by atoms with van der Waals surface area (Å²) in [6.45, 7) is 2.24. The third-order valence-corrected chi connectivity index (χ3v) is 4.47. The highest BCUT2D eigenvalue weighted by molar-refractivity contribution is 5.86. The van der Waals surface area contributed by atoms with E-state index in [1.807, 2.05) is 0 Å². The highest BCUT2D eigenvalue weighted by atomic mass is 16.3. The first-order valence-electron chi connectivity index (χ1n) is 7.66. The minimum absolute atomic E-state index is 0.0825. The van der Waals surface area contributed by atoms with Crippen LogP contribution in [0.1, 0.15) is 44.2 Å². The first-order valence-corrected chi connectivity index (χ1v) is 7.66. The number of nitrogens with one attached hydrogen (secondary N) is 1. The molecule has 2 heteroatoms. The van der Waals surface area contributed by atoms with Gasteiger partial charge in [0.1, 0.15) is 0 Å². The molecular weight excluding hydrogens is 246 g/mol. The van der Waals surface area contributed by atoms with Crippen molar-refractivity contribution in [2.24, 2.45) is 0 Å². The SMILES string of the molecule is CC(NC1CCC(O)CC1)c1cccc2ccccc12. The van der Waals surface area contributed by atoms with E-state index in [4.69, 9.17) is 0 Å². The molecule has 0 heterocycles. The van der Waals surface area contributed by atoms with Crippen LogP contribution >= 0.6 is 0 Å². The summed E-state index contributed by atoms with van der Waals surface area (Å²) in [5.74, 6) is 0. The molecule has 1 aliphatic rings. The van der Waals surface area contributed by atoms with Crippen LogP contribution < -0.4 is 5.32 Å². The standard InChI is InChI=1S/C18H23NO/c1-13(19-15-9-11-16(20)12-10-15)17-8-4-6-14-5-2-3-7-18(14)17/h2-8,13,15-16,19-20H,9-12H2,1H3. The summed E-state index contributed by atoms with van der Waals surface area (Å²) in [6.07, 6.45) is 3.94. The lowest BCUT2D eigenvalue weighted by atomic mass is 9.91. The number of rotatable bonds is 3. The highest BCUT2D eigenvalue weighted by Gasteiger charge is 2.21. The van der Waals surface area contributed by atoms with Crippen molar-refractivity contribution in [2.45, 2.75) is 50.8 Å². The predicted octanol–water partition coefficient (Wildman–Crippen LogP) is 3.79. The van der Waals surface area contributed by atoms with Crippen LogP contribution in [0, 0.1) is 0 Å². The number of hydrogen-bond acceptors (Lipinski definition) is 2. The first-order chi connectivity index (χ1) is 9.74. The van der Waals surface area contributed by atoms with Crippen LogP contribution in [-0.4, -0.2) is 17.3 Å². The zero-order valence-electron chi connectivity index (χ0n) is 12.0. The zero-order chi connectivity index (χ0) is 13.9. The fourth-order valence-corrected chi connectivity index (χ4v) is 3.31. The Kier molecular flexibility index (Phi) is 4.04. The molecule has 1 unspecified atom stereocenters. The van der Waals surface area contributed by atoms with Gasteiger partial charge in [0, 0.05) is 12.1 Å². The third kappa shape index (κ3) is 2.87. The normalized spacial score (nSPS) is 24.7. The van der Waals surface area contributed by atoms with Crippen LogP contribution in [0.25, 0.3) is 10.8 Å². The number of aliphatic hydroxyl groups excluding tert-OH is 1. The van der Waals surface area contributed by atoms with Crippen molar-refractivity contribution < 1.29 is 5.11 Å². The maximum Gasteiger partial charge on any atom is 0.0541 e. The summed E-state index contributed by atoms with van der Waals surface area (Å²) >= 11 is 0. The molecule has 0 spiro atoms. The highest BCUT2D eigenvalue weighted by Crippen LogP contribution is 2.26. The van der Waals surface area contributed by atoms with Crippen LogP contribution in [0.5, 0.6) is 0 Å². The fraction of sp³-hybridized carbons (Fsp3) is 0.444. The molecule has 0 saturated heterocycles. The molecule has 0 aromatic heterocycles. The molecule has 0 radical (unpaired) electrons. The van der Waals surface area contributed by atoms with Gasteiger partial charge in [-0.15, -0.1) is 0 Å². The van der Waals surface area contributed by atoms with Gasteiger partial charge in [-0.05, 0) is 48.9 Å². The van der Waals surface area contributed by atoms with Crippen LogP contribution in [0.15, 0.2) is 42.5 Å². The zero-order valence-corrected chi connectivity index (χ0v) is 12.0. The van der Waals surface area contributed by atoms with E-state index in [1.54, 1.807) is 0 Å². The Morgan fingerprint density at radius 2 is 1.70 bits per heavy atom. The topological polar surface area (TPSA) is 32.3 Å². The summed E-state index contributed by atoms with van der Waals surface area (Å²) in [5, 5.41) is 16.0. The molecule has 0 amide bonds. The quantitative estimate of drug-likeness (QED) is 0.888. The molecule has 1 saturated carbocycles. The summed E-state index contributed by atoms with van der Waals surface area (Å²) in [5.41, 5.74) is 1.37. The van der Waals surface area contributed by atoms with Crippen LogP contribution in [0.2, 0.25) is 0 Å². The molecule has 1 atom stereocenters. The second kappa shape index (κ2) is 5.94. The summed E-state index contributed by atoms with van der Waals surface area (Å²) in [6, 6.07) is 16.0. The lowest BCUT2D eigenvalue weighted by Crippen LogP contribution is -2.36. The van der Waals surface area contributed by atoms with E-state index >= 15 is 0 Å². The summed E-state index contributed by atoms with van der Waals surface area (Å²) in [4.78, 5) is 0. The molecule has 1 aliphatic carbocycles. The van der Waals surface area contributed by atoms with Gasteiger partial charge >= 0.3 is 0 Å². The second-order valence-corrected chi connectivity index (χ2v) is 5.96. The molecule has 106 valence electrons. The number of hydrogen-bond donors (Lipinski definition) is 2. The molecule has 20 heavy (non-hydrogen) atoms. The Hall–Kier alpha value is -1.38. The van der Waals surface area contributed by atoms with E-state index in [0.29, 0.717) is 12.1 Å². The number of benzene rings is 2. The maximum atomic E-state index is 9.59. The van der Waals surface area contributed by atoms with Crippen molar-refractivity contribution in [1.82, 2.24) is 5.32 Å². The lowest BCUT2D eigenvalue weighted by Gasteiger charge is -2.29. The van der Waals surface area contributed by atoms with E-state index in [2.05, 4.69) is 54.7 Å². The molecule has 1 fully saturated rings. The van der Waals surface area contributed by atoms with Gasteiger partial charge in [0.25, 0.3) is 0 Å². The van der Waals surface area contributed by atoms with Gasteiger partial charge in [0.2, 0.25) is 0 Å². The molecule has 2 N–H and O–H groups in total. The smallest absolute Gasteiger partial charge is 0.0541 e. The van der Waals surface area contributed by atoms with Gasteiger partial charge in [-0.3, -0.25) is 0 Å². The second-order valence-electron chi connectivity index (χ2n) is 5.96. The lowest BCUT2D eigenvalue weighted by molar-refractivity contribution is 0.114. The van der Waals surface area contributed by atoms with Gasteiger partial charge in [0.15, 0.2) is 0 Å². The van der Waals surface area contributed by atoms with E-state index in [0.717, 1.165) is 25.7 Å². The molecule has 2 nitrogen and oxygen atoms in total. The third-order valence-electron chi connectivity index (χ3n) is 4.47. The average Bonchev–Trinajstić information content (AvgIpc) is 2.49. The maximum absolute atomic E-state index is 9.59.